The Kier molecular flexibility index (Phi) is 4.87. The molecule has 3 rings (SSSR count). The van der Waals surface area contributed by atoms with Crippen LogP contribution in [0.4, 0.5) is 5.69 Å². The molecule has 1 N–H and O–H groups in total. The van der Waals surface area contributed by atoms with E-state index in [0.29, 0.717) is 31.0 Å². The summed E-state index contributed by atoms with van der Waals surface area (Å²) in [5.41, 5.74) is 2.53. The lowest BCUT2D eigenvalue weighted by Crippen LogP contribution is -2.39. The van der Waals surface area contributed by atoms with Crippen LogP contribution in [-0.2, 0) is 16.0 Å². The number of anilines is 1. The van der Waals surface area contributed by atoms with E-state index in [0.717, 1.165) is 24.2 Å². The summed E-state index contributed by atoms with van der Waals surface area (Å²) in [5.74, 6) is 0.0552. The third kappa shape index (κ3) is 3.44. The van der Waals surface area contributed by atoms with Crippen LogP contribution in [0, 0.1) is 0 Å². The summed E-state index contributed by atoms with van der Waals surface area (Å²) >= 11 is 0. The number of carbonyl (C=O) groups is 2. The first kappa shape index (κ1) is 16.9. The third-order valence-electron chi connectivity index (χ3n) is 5.06. The standard InChI is InChI=1S/C18H25N3O3/c1-20-11-15(24-3)9-14(20)10-21(2)18(23)13-4-6-16-12(8-13)5-7-17(22)19-16/h4,6,8,14-15H,5,7,9-11H2,1-3H3,(H,19,22)/t14-,15-/m0/s1. The van der Waals surface area contributed by atoms with Crippen LogP contribution >= 0.6 is 0 Å². The van der Waals surface area contributed by atoms with Gasteiger partial charge in [0.1, 0.15) is 0 Å². The van der Waals surface area contributed by atoms with Gasteiger partial charge in [-0.2, -0.15) is 0 Å². The molecular formula is C18H25N3O3. The summed E-state index contributed by atoms with van der Waals surface area (Å²) in [6.45, 7) is 1.59. The van der Waals surface area contributed by atoms with Crippen LogP contribution in [0.5, 0.6) is 0 Å². The molecule has 2 aliphatic rings. The molecule has 1 fully saturated rings. The number of benzene rings is 1. The second kappa shape index (κ2) is 6.91. The Morgan fingerprint density at radius 1 is 1.42 bits per heavy atom. The highest BCUT2D eigenvalue weighted by Gasteiger charge is 2.31. The van der Waals surface area contributed by atoms with Gasteiger partial charge in [0.05, 0.1) is 6.10 Å². The Morgan fingerprint density at radius 2 is 2.21 bits per heavy atom. The lowest BCUT2D eigenvalue weighted by atomic mass is 10.00. The maximum absolute atomic E-state index is 12.7. The van der Waals surface area contributed by atoms with E-state index in [4.69, 9.17) is 4.74 Å². The molecule has 0 bridgehead atoms. The first-order valence-corrected chi connectivity index (χ1v) is 8.39. The fraction of sp³-hybridized carbons (Fsp3) is 0.556. The molecule has 2 amide bonds. The quantitative estimate of drug-likeness (QED) is 0.905. The van der Waals surface area contributed by atoms with Crippen molar-refractivity contribution in [3.63, 3.8) is 0 Å². The number of carbonyl (C=O) groups excluding carboxylic acids is 2. The molecule has 1 saturated heterocycles. The van der Waals surface area contributed by atoms with Crippen molar-refractivity contribution in [2.45, 2.75) is 31.4 Å². The number of methoxy groups -OCH3 is 1. The molecule has 0 radical (unpaired) electrons. The van der Waals surface area contributed by atoms with Crippen molar-refractivity contribution in [3.05, 3.63) is 29.3 Å². The molecule has 1 aromatic rings. The molecule has 2 heterocycles. The van der Waals surface area contributed by atoms with Crippen molar-refractivity contribution in [3.8, 4) is 0 Å². The number of amides is 2. The fourth-order valence-electron chi connectivity index (χ4n) is 3.55. The summed E-state index contributed by atoms with van der Waals surface area (Å²) in [5, 5.41) is 2.85. The summed E-state index contributed by atoms with van der Waals surface area (Å²) in [6, 6.07) is 5.85. The van der Waals surface area contributed by atoms with Gasteiger partial charge in [-0.3, -0.25) is 14.5 Å². The smallest absolute Gasteiger partial charge is 0.253 e. The first-order valence-electron chi connectivity index (χ1n) is 8.39. The number of likely N-dealkylation sites (tertiary alicyclic amines) is 1. The molecule has 1 aromatic carbocycles. The number of nitrogens with one attached hydrogen (secondary N) is 1. The van der Waals surface area contributed by atoms with Gasteiger partial charge in [0.2, 0.25) is 5.91 Å². The number of hydrogen-bond donors (Lipinski definition) is 1. The minimum atomic E-state index is 0.0176. The summed E-state index contributed by atoms with van der Waals surface area (Å²) in [7, 11) is 5.66. The van der Waals surface area contributed by atoms with E-state index >= 15 is 0 Å². The van der Waals surface area contributed by atoms with E-state index < -0.39 is 0 Å². The van der Waals surface area contributed by atoms with Gasteiger partial charge in [0.15, 0.2) is 0 Å². The van der Waals surface area contributed by atoms with Crippen LogP contribution in [-0.4, -0.2) is 68.1 Å². The zero-order valence-corrected chi connectivity index (χ0v) is 14.5. The van der Waals surface area contributed by atoms with E-state index in [1.165, 1.54) is 0 Å². The van der Waals surface area contributed by atoms with Gasteiger partial charge >= 0.3 is 0 Å². The van der Waals surface area contributed by atoms with E-state index in [1.807, 2.05) is 19.2 Å². The fourth-order valence-corrected chi connectivity index (χ4v) is 3.55. The predicted octanol–water partition coefficient (Wildman–Crippen LogP) is 1.36. The predicted molar refractivity (Wildman–Crippen MR) is 92.2 cm³/mol. The maximum atomic E-state index is 12.7. The molecule has 24 heavy (non-hydrogen) atoms. The van der Waals surface area contributed by atoms with Crippen molar-refractivity contribution in [1.82, 2.24) is 9.80 Å². The van der Waals surface area contributed by atoms with Crippen molar-refractivity contribution >= 4 is 17.5 Å². The Bertz CT molecular complexity index is 646. The molecule has 0 unspecified atom stereocenters. The number of rotatable bonds is 4. The van der Waals surface area contributed by atoms with Gasteiger partial charge in [-0.1, -0.05) is 0 Å². The third-order valence-corrected chi connectivity index (χ3v) is 5.06. The Balaban J connectivity index is 1.67. The summed E-state index contributed by atoms with van der Waals surface area (Å²) < 4.78 is 5.43. The highest BCUT2D eigenvalue weighted by molar-refractivity contribution is 5.97. The first-order chi connectivity index (χ1) is 11.5. The lowest BCUT2D eigenvalue weighted by molar-refractivity contribution is -0.116. The normalized spacial score (nSPS) is 23.7. The molecule has 0 aliphatic carbocycles. The second-order valence-corrected chi connectivity index (χ2v) is 6.79. The summed E-state index contributed by atoms with van der Waals surface area (Å²) in [4.78, 5) is 28.2. The van der Waals surface area contributed by atoms with Crippen molar-refractivity contribution in [1.29, 1.82) is 0 Å². The molecule has 2 atom stereocenters. The van der Waals surface area contributed by atoms with Crippen LogP contribution < -0.4 is 5.32 Å². The number of fused-ring (bicyclic) bond motifs is 1. The summed E-state index contributed by atoms with van der Waals surface area (Å²) in [6.07, 6.45) is 2.36. The maximum Gasteiger partial charge on any atom is 0.253 e. The number of nitrogens with zero attached hydrogens (tertiary/aromatic N) is 2. The van der Waals surface area contributed by atoms with Gasteiger partial charge in [-0.05, 0) is 43.7 Å². The highest BCUT2D eigenvalue weighted by atomic mass is 16.5. The van der Waals surface area contributed by atoms with Crippen molar-refractivity contribution in [2.24, 2.45) is 0 Å². The SMILES string of the molecule is CO[C@H]1C[C@@H](CN(C)C(=O)c2ccc3c(c2)CCC(=O)N3)N(C)C1. The minimum Gasteiger partial charge on any atom is -0.380 e. The average Bonchev–Trinajstić information content (AvgIpc) is 2.93. The number of ether oxygens (including phenoxy) is 1. The molecule has 0 saturated carbocycles. The van der Waals surface area contributed by atoms with Gasteiger partial charge in [-0.25, -0.2) is 0 Å². The van der Waals surface area contributed by atoms with Gasteiger partial charge < -0.3 is 15.0 Å². The topological polar surface area (TPSA) is 61.9 Å². The van der Waals surface area contributed by atoms with Crippen LogP contribution in [0.3, 0.4) is 0 Å². The largest absolute Gasteiger partial charge is 0.380 e. The van der Waals surface area contributed by atoms with E-state index in [9.17, 15) is 9.59 Å². The minimum absolute atomic E-state index is 0.0176. The molecular weight excluding hydrogens is 306 g/mol. The van der Waals surface area contributed by atoms with Crippen molar-refractivity contribution < 1.29 is 14.3 Å². The Morgan fingerprint density at radius 3 is 2.92 bits per heavy atom. The van der Waals surface area contributed by atoms with Crippen LogP contribution in [0.25, 0.3) is 0 Å². The van der Waals surface area contributed by atoms with E-state index in [-0.39, 0.29) is 17.9 Å². The van der Waals surface area contributed by atoms with Gasteiger partial charge in [0, 0.05) is 51.0 Å². The van der Waals surface area contributed by atoms with E-state index in [1.54, 1.807) is 18.1 Å². The lowest BCUT2D eigenvalue weighted by Gasteiger charge is -2.26. The van der Waals surface area contributed by atoms with Crippen LogP contribution in [0.1, 0.15) is 28.8 Å². The number of hydrogen-bond acceptors (Lipinski definition) is 4. The van der Waals surface area contributed by atoms with E-state index in [2.05, 4.69) is 17.3 Å². The van der Waals surface area contributed by atoms with Crippen LogP contribution in [0.15, 0.2) is 18.2 Å². The molecule has 6 heteroatoms. The Labute approximate surface area is 142 Å². The Hall–Kier alpha value is -1.92. The molecule has 130 valence electrons. The highest BCUT2D eigenvalue weighted by Crippen LogP contribution is 2.24. The number of likely N-dealkylation sites (N-methyl/N-ethyl adjacent to an activating group) is 2. The van der Waals surface area contributed by atoms with Crippen LogP contribution in [0.2, 0.25) is 0 Å². The average molecular weight is 331 g/mol. The van der Waals surface area contributed by atoms with Gasteiger partial charge in [0.25, 0.3) is 5.91 Å². The van der Waals surface area contributed by atoms with Gasteiger partial charge in [-0.15, -0.1) is 0 Å². The zero-order chi connectivity index (χ0) is 17.3. The molecule has 6 nitrogen and oxygen atoms in total. The van der Waals surface area contributed by atoms with Crippen molar-refractivity contribution in [2.75, 3.05) is 39.6 Å². The molecule has 0 aromatic heterocycles. The number of aryl methyl sites for hydroxylation is 1. The zero-order valence-electron chi connectivity index (χ0n) is 14.5. The monoisotopic (exact) mass is 331 g/mol. The molecule has 2 aliphatic heterocycles. The second-order valence-electron chi connectivity index (χ2n) is 6.79. The molecule has 0 spiro atoms.